The Morgan fingerprint density at radius 1 is 1.14 bits per heavy atom. The van der Waals surface area contributed by atoms with Gasteiger partial charge < -0.3 is 4.98 Å². The van der Waals surface area contributed by atoms with Crippen molar-refractivity contribution in [3.8, 4) is 0 Å². The molecule has 0 aliphatic heterocycles. The molecule has 0 fully saturated rings. The van der Waals surface area contributed by atoms with Crippen LogP contribution in [0.15, 0.2) is 0 Å². The molecule has 14 heavy (non-hydrogen) atoms. The van der Waals surface area contributed by atoms with Gasteiger partial charge in [0.1, 0.15) is 0 Å². The summed E-state index contributed by atoms with van der Waals surface area (Å²) >= 11 is 0. The maximum absolute atomic E-state index is 3.54. The van der Waals surface area contributed by atoms with Crippen LogP contribution in [-0.2, 0) is 6.42 Å². The predicted molar refractivity (Wildman–Crippen MR) is 65.2 cm³/mol. The molecule has 1 heterocycles. The number of aromatic amines is 1. The molecule has 1 N–H and O–H groups in total. The summed E-state index contributed by atoms with van der Waals surface area (Å²) in [5.74, 6) is 1.23. The lowest BCUT2D eigenvalue weighted by Crippen LogP contribution is -1.98. The summed E-state index contributed by atoms with van der Waals surface area (Å²) in [6, 6.07) is 0. The molecule has 0 unspecified atom stereocenters. The van der Waals surface area contributed by atoms with Gasteiger partial charge >= 0.3 is 0 Å². The number of hydrogen-bond donors (Lipinski definition) is 1. The van der Waals surface area contributed by atoms with Gasteiger partial charge in [-0.3, -0.25) is 0 Å². The Bertz CT molecular complexity index is 311. The third-order valence-corrected chi connectivity index (χ3v) is 2.90. The molecule has 1 heteroatoms. The maximum atomic E-state index is 3.54. The van der Waals surface area contributed by atoms with Gasteiger partial charge in [0.15, 0.2) is 0 Å². The van der Waals surface area contributed by atoms with Crippen molar-refractivity contribution < 1.29 is 1.43 Å². The average molecular weight is 195 g/mol. The minimum atomic E-state index is 0. The first-order valence-corrected chi connectivity index (χ1v) is 5.70. The first-order valence-electron chi connectivity index (χ1n) is 5.70. The standard InChI is InChI=1S/C13H23N.H2/c1-7-11-10(6)14-13(9(4)5)12(11)8(2)3;/h8-9,14H,7H2,1-6H3;1H. The van der Waals surface area contributed by atoms with Crippen molar-refractivity contribution in [2.75, 3.05) is 0 Å². The summed E-state index contributed by atoms with van der Waals surface area (Å²) in [7, 11) is 0. The van der Waals surface area contributed by atoms with Gasteiger partial charge in [-0.2, -0.15) is 0 Å². The van der Waals surface area contributed by atoms with Crippen LogP contribution in [0.25, 0.3) is 0 Å². The molecule has 1 nitrogen and oxygen atoms in total. The quantitative estimate of drug-likeness (QED) is 0.736. The first-order chi connectivity index (χ1) is 6.49. The van der Waals surface area contributed by atoms with Crippen molar-refractivity contribution in [3.05, 3.63) is 22.5 Å². The number of rotatable bonds is 3. The summed E-state index contributed by atoms with van der Waals surface area (Å²) in [5.41, 5.74) is 5.89. The lowest BCUT2D eigenvalue weighted by atomic mass is 9.92. The topological polar surface area (TPSA) is 15.8 Å². The number of aromatic nitrogens is 1. The molecule has 82 valence electrons. The molecule has 0 aliphatic carbocycles. The van der Waals surface area contributed by atoms with Crippen LogP contribution in [0.2, 0.25) is 0 Å². The van der Waals surface area contributed by atoms with Crippen LogP contribution in [0, 0.1) is 6.92 Å². The van der Waals surface area contributed by atoms with Crippen LogP contribution in [0.5, 0.6) is 0 Å². The highest BCUT2D eigenvalue weighted by atomic mass is 14.7. The summed E-state index contributed by atoms with van der Waals surface area (Å²) < 4.78 is 0. The zero-order chi connectivity index (χ0) is 10.9. The smallest absolute Gasteiger partial charge is 0.0213 e. The third-order valence-electron chi connectivity index (χ3n) is 2.90. The van der Waals surface area contributed by atoms with Crippen molar-refractivity contribution in [2.45, 2.75) is 59.8 Å². The first kappa shape index (κ1) is 11.4. The fourth-order valence-electron chi connectivity index (χ4n) is 2.28. The van der Waals surface area contributed by atoms with Gasteiger partial charge in [-0.25, -0.2) is 0 Å². The molecule has 0 radical (unpaired) electrons. The van der Waals surface area contributed by atoms with Gasteiger partial charge in [0.05, 0.1) is 0 Å². The Hall–Kier alpha value is -0.720. The average Bonchev–Trinajstić information content (AvgIpc) is 2.42. The second kappa shape index (κ2) is 4.20. The van der Waals surface area contributed by atoms with Gasteiger partial charge in [-0.1, -0.05) is 34.6 Å². The molecule has 1 aromatic rings. The molecule has 0 saturated heterocycles. The van der Waals surface area contributed by atoms with E-state index in [0.717, 1.165) is 6.42 Å². The van der Waals surface area contributed by atoms with Crippen LogP contribution in [0.3, 0.4) is 0 Å². The molecule has 1 aromatic heterocycles. The van der Waals surface area contributed by atoms with Crippen LogP contribution in [0.4, 0.5) is 0 Å². The van der Waals surface area contributed by atoms with Crippen molar-refractivity contribution in [1.29, 1.82) is 0 Å². The Kier molecular flexibility index (Phi) is 3.41. The zero-order valence-corrected chi connectivity index (χ0v) is 10.4. The Morgan fingerprint density at radius 3 is 2.07 bits per heavy atom. The van der Waals surface area contributed by atoms with Gasteiger partial charge in [0, 0.05) is 12.8 Å². The highest BCUT2D eigenvalue weighted by Crippen LogP contribution is 2.31. The zero-order valence-electron chi connectivity index (χ0n) is 10.4. The number of aryl methyl sites for hydroxylation is 1. The van der Waals surface area contributed by atoms with Crippen molar-refractivity contribution in [2.24, 2.45) is 0 Å². The van der Waals surface area contributed by atoms with E-state index in [-0.39, 0.29) is 1.43 Å². The number of nitrogens with one attached hydrogen (secondary N) is 1. The molecule has 0 aromatic carbocycles. The Morgan fingerprint density at radius 2 is 1.71 bits per heavy atom. The Labute approximate surface area is 89.4 Å². The van der Waals surface area contributed by atoms with E-state index >= 15 is 0 Å². The number of H-pyrrole nitrogens is 1. The fourth-order valence-corrected chi connectivity index (χ4v) is 2.28. The van der Waals surface area contributed by atoms with Crippen molar-refractivity contribution in [3.63, 3.8) is 0 Å². The van der Waals surface area contributed by atoms with E-state index < -0.39 is 0 Å². The van der Waals surface area contributed by atoms with Crippen molar-refractivity contribution in [1.82, 2.24) is 4.98 Å². The molecule has 0 spiro atoms. The maximum Gasteiger partial charge on any atom is 0.0213 e. The summed E-state index contributed by atoms with van der Waals surface area (Å²) in [4.78, 5) is 3.54. The minimum Gasteiger partial charge on any atom is -0.362 e. The molecule has 0 aliphatic rings. The summed E-state index contributed by atoms with van der Waals surface area (Å²) in [6.45, 7) is 13.5. The van der Waals surface area contributed by atoms with Crippen LogP contribution < -0.4 is 0 Å². The van der Waals surface area contributed by atoms with Crippen LogP contribution >= 0.6 is 0 Å². The third kappa shape index (κ3) is 1.87. The van der Waals surface area contributed by atoms with E-state index in [9.17, 15) is 0 Å². The Balaban J connectivity index is 0.00000196. The second-order valence-electron chi connectivity index (χ2n) is 4.72. The molecular formula is C13H25N. The summed E-state index contributed by atoms with van der Waals surface area (Å²) in [6.07, 6.45) is 1.14. The lowest BCUT2D eigenvalue weighted by molar-refractivity contribution is 0.767. The van der Waals surface area contributed by atoms with Gasteiger partial charge in [0.2, 0.25) is 0 Å². The molecule has 0 bridgehead atoms. The van der Waals surface area contributed by atoms with E-state index in [1.54, 1.807) is 5.56 Å². The highest BCUT2D eigenvalue weighted by molar-refractivity contribution is 5.40. The monoisotopic (exact) mass is 195 g/mol. The molecular weight excluding hydrogens is 170 g/mol. The number of hydrogen-bond acceptors (Lipinski definition) is 0. The van der Waals surface area contributed by atoms with Gasteiger partial charge in [-0.15, -0.1) is 0 Å². The van der Waals surface area contributed by atoms with Crippen molar-refractivity contribution >= 4 is 0 Å². The lowest BCUT2D eigenvalue weighted by Gasteiger charge is -2.12. The van der Waals surface area contributed by atoms with E-state index in [4.69, 9.17) is 0 Å². The van der Waals surface area contributed by atoms with Crippen LogP contribution in [-0.4, -0.2) is 4.98 Å². The molecule has 1 rings (SSSR count). The normalized spacial score (nSPS) is 11.7. The van der Waals surface area contributed by atoms with E-state index in [1.807, 2.05) is 0 Å². The van der Waals surface area contributed by atoms with Gasteiger partial charge in [-0.05, 0) is 36.3 Å². The van der Waals surface area contributed by atoms with E-state index in [1.165, 1.54) is 17.0 Å². The van der Waals surface area contributed by atoms with E-state index in [0.29, 0.717) is 11.8 Å². The minimum absolute atomic E-state index is 0. The van der Waals surface area contributed by atoms with Gasteiger partial charge in [0.25, 0.3) is 0 Å². The van der Waals surface area contributed by atoms with E-state index in [2.05, 4.69) is 46.5 Å². The molecule has 0 atom stereocenters. The van der Waals surface area contributed by atoms with Crippen LogP contribution in [0.1, 0.15) is 70.4 Å². The summed E-state index contributed by atoms with van der Waals surface area (Å²) in [5, 5.41) is 0. The predicted octanol–water partition coefficient (Wildman–Crippen LogP) is 4.38. The fraction of sp³-hybridized carbons (Fsp3) is 0.692. The molecule has 0 saturated carbocycles. The molecule has 0 amide bonds. The second-order valence-corrected chi connectivity index (χ2v) is 4.72. The SMILES string of the molecule is CCc1c(C)[nH]c(C(C)C)c1C(C)C.[HH]. The largest absolute Gasteiger partial charge is 0.362 e. The highest BCUT2D eigenvalue weighted by Gasteiger charge is 2.17.